The topological polar surface area (TPSA) is 58.8 Å². The number of carbonyl (C=O) groups excluding carboxylic acids is 1. The van der Waals surface area contributed by atoms with Crippen molar-refractivity contribution < 1.29 is 9.53 Å². The highest BCUT2D eigenvalue weighted by Gasteiger charge is 2.33. The molecule has 2 aliphatic heterocycles. The van der Waals surface area contributed by atoms with Crippen molar-refractivity contribution in [3.8, 4) is 0 Å². The molecule has 0 saturated carbocycles. The Morgan fingerprint density at radius 2 is 2.05 bits per heavy atom. The second-order valence-electron chi connectivity index (χ2n) is 6.40. The van der Waals surface area contributed by atoms with Crippen LogP contribution in [0.25, 0.3) is 0 Å². The predicted molar refractivity (Wildman–Crippen MR) is 79.5 cm³/mol. The van der Waals surface area contributed by atoms with Gasteiger partial charge in [-0.05, 0) is 26.2 Å². The highest BCUT2D eigenvalue weighted by Crippen LogP contribution is 2.17. The molecule has 2 unspecified atom stereocenters. The number of hydrogen-bond acceptors (Lipinski definition) is 4. The van der Waals surface area contributed by atoms with Crippen LogP contribution < -0.4 is 5.73 Å². The molecule has 2 heterocycles. The van der Waals surface area contributed by atoms with E-state index in [0.717, 1.165) is 52.2 Å². The van der Waals surface area contributed by atoms with E-state index in [1.165, 1.54) is 12.8 Å². The average molecular weight is 283 g/mol. The zero-order chi connectivity index (χ0) is 14.6. The van der Waals surface area contributed by atoms with Crippen LogP contribution in [0.2, 0.25) is 0 Å². The Kier molecular flexibility index (Phi) is 5.41. The molecule has 2 saturated heterocycles. The standard InChI is InChI=1S/C15H29N3O2/c1-3-6-15(2,16)14(19)18-9-7-17(8-10-18)12-13-5-4-11-20-13/h13H,3-12,16H2,1-2H3. The van der Waals surface area contributed by atoms with Crippen molar-refractivity contribution in [3.63, 3.8) is 0 Å². The van der Waals surface area contributed by atoms with Crippen LogP contribution in [0.3, 0.4) is 0 Å². The Morgan fingerprint density at radius 1 is 1.35 bits per heavy atom. The van der Waals surface area contributed by atoms with Crippen LogP contribution >= 0.6 is 0 Å². The van der Waals surface area contributed by atoms with Gasteiger partial charge in [0.15, 0.2) is 0 Å². The number of nitrogens with two attached hydrogens (primary N) is 1. The highest BCUT2D eigenvalue weighted by atomic mass is 16.5. The van der Waals surface area contributed by atoms with Crippen LogP contribution in [0, 0.1) is 0 Å². The van der Waals surface area contributed by atoms with E-state index in [4.69, 9.17) is 10.5 Å². The second kappa shape index (κ2) is 6.87. The van der Waals surface area contributed by atoms with Gasteiger partial charge in [0, 0.05) is 39.3 Å². The molecule has 5 heteroatoms. The van der Waals surface area contributed by atoms with E-state index >= 15 is 0 Å². The number of ether oxygens (including phenoxy) is 1. The van der Waals surface area contributed by atoms with E-state index in [9.17, 15) is 4.79 Å². The maximum Gasteiger partial charge on any atom is 0.242 e. The fraction of sp³-hybridized carbons (Fsp3) is 0.933. The number of amides is 1. The monoisotopic (exact) mass is 283 g/mol. The van der Waals surface area contributed by atoms with Gasteiger partial charge in [0.2, 0.25) is 5.91 Å². The minimum atomic E-state index is -0.703. The van der Waals surface area contributed by atoms with Crippen LogP contribution in [-0.2, 0) is 9.53 Å². The zero-order valence-corrected chi connectivity index (χ0v) is 12.9. The third-order valence-corrected chi connectivity index (χ3v) is 4.40. The van der Waals surface area contributed by atoms with Crippen molar-refractivity contribution in [1.29, 1.82) is 0 Å². The first-order valence-corrected chi connectivity index (χ1v) is 7.95. The second-order valence-corrected chi connectivity index (χ2v) is 6.40. The normalized spacial score (nSPS) is 27.6. The Labute approximate surface area is 122 Å². The third kappa shape index (κ3) is 3.93. The largest absolute Gasteiger partial charge is 0.377 e. The van der Waals surface area contributed by atoms with Crippen molar-refractivity contribution >= 4 is 5.91 Å². The molecule has 0 aromatic rings. The summed E-state index contributed by atoms with van der Waals surface area (Å²) >= 11 is 0. The van der Waals surface area contributed by atoms with Crippen molar-refractivity contribution in [2.75, 3.05) is 39.3 Å². The molecule has 116 valence electrons. The van der Waals surface area contributed by atoms with Gasteiger partial charge in [-0.15, -0.1) is 0 Å². The van der Waals surface area contributed by atoms with Crippen LogP contribution in [0.15, 0.2) is 0 Å². The summed E-state index contributed by atoms with van der Waals surface area (Å²) in [7, 11) is 0. The van der Waals surface area contributed by atoms with Crippen LogP contribution in [0.4, 0.5) is 0 Å². The Bertz CT molecular complexity index is 319. The van der Waals surface area contributed by atoms with Crippen molar-refractivity contribution in [3.05, 3.63) is 0 Å². The first-order chi connectivity index (χ1) is 9.53. The van der Waals surface area contributed by atoms with E-state index in [-0.39, 0.29) is 5.91 Å². The number of rotatable bonds is 5. The van der Waals surface area contributed by atoms with E-state index in [1.807, 2.05) is 11.8 Å². The first-order valence-electron chi connectivity index (χ1n) is 7.95. The zero-order valence-electron chi connectivity index (χ0n) is 12.9. The lowest BCUT2D eigenvalue weighted by Crippen LogP contribution is -2.58. The number of nitrogens with zero attached hydrogens (tertiary/aromatic N) is 2. The average Bonchev–Trinajstić information content (AvgIpc) is 2.91. The predicted octanol–water partition coefficient (Wildman–Crippen LogP) is 0.827. The summed E-state index contributed by atoms with van der Waals surface area (Å²) in [5.74, 6) is 0.108. The van der Waals surface area contributed by atoms with Gasteiger partial charge >= 0.3 is 0 Å². The molecule has 2 N–H and O–H groups in total. The van der Waals surface area contributed by atoms with Gasteiger partial charge in [-0.2, -0.15) is 0 Å². The molecule has 5 nitrogen and oxygen atoms in total. The summed E-state index contributed by atoms with van der Waals surface area (Å²) in [4.78, 5) is 16.8. The SMILES string of the molecule is CCCC(C)(N)C(=O)N1CCN(CC2CCCO2)CC1. The molecule has 2 aliphatic rings. The molecule has 20 heavy (non-hydrogen) atoms. The number of carbonyl (C=O) groups is 1. The Morgan fingerprint density at radius 3 is 2.60 bits per heavy atom. The lowest BCUT2D eigenvalue weighted by molar-refractivity contribution is -0.138. The first kappa shape index (κ1) is 15.7. The number of hydrogen-bond donors (Lipinski definition) is 1. The van der Waals surface area contributed by atoms with Crippen molar-refractivity contribution in [2.24, 2.45) is 5.73 Å². The summed E-state index contributed by atoms with van der Waals surface area (Å²) in [6.07, 6.45) is 4.46. The number of piperazine rings is 1. The van der Waals surface area contributed by atoms with E-state index in [0.29, 0.717) is 6.10 Å². The maximum absolute atomic E-state index is 12.4. The Hall–Kier alpha value is -0.650. The molecule has 0 aromatic heterocycles. The molecular weight excluding hydrogens is 254 g/mol. The summed E-state index contributed by atoms with van der Waals surface area (Å²) in [5.41, 5.74) is 5.44. The Balaban J connectivity index is 1.77. The van der Waals surface area contributed by atoms with E-state index < -0.39 is 5.54 Å². The van der Waals surface area contributed by atoms with Gasteiger partial charge in [-0.1, -0.05) is 13.3 Å². The van der Waals surface area contributed by atoms with Crippen LogP contribution in [0.5, 0.6) is 0 Å². The molecule has 2 rings (SSSR count). The van der Waals surface area contributed by atoms with Gasteiger partial charge in [-0.25, -0.2) is 0 Å². The molecule has 2 atom stereocenters. The molecule has 0 radical (unpaired) electrons. The van der Waals surface area contributed by atoms with Gasteiger partial charge in [-0.3, -0.25) is 9.69 Å². The summed E-state index contributed by atoms with van der Waals surface area (Å²) in [6.45, 7) is 9.31. The van der Waals surface area contributed by atoms with Crippen LogP contribution in [0.1, 0.15) is 39.5 Å². The van der Waals surface area contributed by atoms with Crippen molar-refractivity contribution in [2.45, 2.75) is 51.2 Å². The molecular formula is C15H29N3O2. The van der Waals surface area contributed by atoms with E-state index in [1.54, 1.807) is 0 Å². The summed E-state index contributed by atoms with van der Waals surface area (Å²) in [6, 6.07) is 0. The van der Waals surface area contributed by atoms with Gasteiger partial charge < -0.3 is 15.4 Å². The van der Waals surface area contributed by atoms with Crippen LogP contribution in [-0.4, -0.2) is 66.7 Å². The smallest absolute Gasteiger partial charge is 0.242 e. The molecule has 0 aromatic carbocycles. The summed E-state index contributed by atoms with van der Waals surface area (Å²) in [5, 5.41) is 0. The fourth-order valence-corrected chi connectivity index (χ4v) is 3.20. The summed E-state index contributed by atoms with van der Waals surface area (Å²) < 4.78 is 5.67. The minimum Gasteiger partial charge on any atom is -0.377 e. The van der Waals surface area contributed by atoms with E-state index in [2.05, 4.69) is 11.8 Å². The highest BCUT2D eigenvalue weighted by molar-refractivity contribution is 5.85. The third-order valence-electron chi connectivity index (χ3n) is 4.40. The quantitative estimate of drug-likeness (QED) is 0.812. The lowest BCUT2D eigenvalue weighted by atomic mass is 9.95. The van der Waals surface area contributed by atoms with Gasteiger partial charge in [0.25, 0.3) is 0 Å². The maximum atomic E-state index is 12.4. The molecule has 2 fully saturated rings. The molecule has 1 amide bonds. The molecule has 0 aliphatic carbocycles. The lowest BCUT2D eigenvalue weighted by Gasteiger charge is -2.39. The minimum absolute atomic E-state index is 0.108. The molecule has 0 bridgehead atoms. The van der Waals surface area contributed by atoms with Crippen molar-refractivity contribution in [1.82, 2.24) is 9.80 Å². The van der Waals surface area contributed by atoms with Gasteiger partial charge in [0.05, 0.1) is 11.6 Å². The van der Waals surface area contributed by atoms with Gasteiger partial charge in [0.1, 0.15) is 0 Å². The molecule has 0 spiro atoms. The fourth-order valence-electron chi connectivity index (χ4n) is 3.20.